The molecule has 2 nitrogen and oxygen atoms in total. The van der Waals surface area contributed by atoms with Crippen LogP contribution in [0.3, 0.4) is 0 Å². The van der Waals surface area contributed by atoms with Gasteiger partial charge in [-0.1, -0.05) is 81.9 Å². The number of hydrogen-bond acceptors (Lipinski definition) is 2. The topological polar surface area (TPSA) is 16.1 Å². The zero-order valence-electron chi connectivity index (χ0n) is 18.9. The molecule has 0 saturated carbocycles. The van der Waals surface area contributed by atoms with Crippen LogP contribution < -0.4 is 0 Å². The lowest BCUT2D eigenvalue weighted by Crippen LogP contribution is -2.30. The van der Waals surface area contributed by atoms with Gasteiger partial charge in [-0.2, -0.15) is 0 Å². The molecule has 30 heavy (non-hydrogen) atoms. The van der Waals surface area contributed by atoms with Gasteiger partial charge in [-0.3, -0.25) is 4.98 Å². The molecule has 0 spiro atoms. The van der Waals surface area contributed by atoms with Gasteiger partial charge in [-0.25, -0.2) is 0 Å². The highest BCUT2D eigenvalue weighted by atomic mass is 35.5. The summed E-state index contributed by atoms with van der Waals surface area (Å²) in [5.41, 5.74) is 2.43. The predicted molar refractivity (Wildman–Crippen MR) is 132 cm³/mol. The number of rotatable bonds is 14. The third kappa shape index (κ3) is 8.55. The highest BCUT2D eigenvalue weighted by molar-refractivity contribution is 6.31. The first kappa shape index (κ1) is 23.5. The Balaban J connectivity index is 1.13. The van der Waals surface area contributed by atoms with E-state index in [4.69, 9.17) is 11.6 Å². The second-order valence-electron chi connectivity index (χ2n) is 9.17. The minimum absolute atomic E-state index is 0.768. The standard InChI is InChI=1S/C27H41ClN2/c28-25-16-17-26-24(18-19-29-27(26)23-25)15-11-8-6-4-2-1-3-5-7-9-12-20-30-21-13-10-14-22-30/h16-19,23H,1-15,20-22H2. The summed E-state index contributed by atoms with van der Waals surface area (Å²) in [4.78, 5) is 7.12. The number of benzene rings is 1. The van der Waals surface area contributed by atoms with Gasteiger partial charge < -0.3 is 4.90 Å². The maximum atomic E-state index is 6.09. The van der Waals surface area contributed by atoms with Crippen LogP contribution in [-0.4, -0.2) is 29.5 Å². The molecule has 2 aromatic rings. The molecule has 1 aliphatic rings. The molecule has 1 fully saturated rings. The van der Waals surface area contributed by atoms with Crippen LogP contribution in [0.4, 0.5) is 0 Å². The maximum Gasteiger partial charge on any atom is 0.0719 e. The van der Waals surface area contributed by atoms with Crippen molar-refractivity contribution in [1.29, 1.82) is 0 Å². The number of likely N-dealkylation sites (tertiary alicyclic amines) is 1. The molecule has 0 atom stereocenters. The van der Waals surface area contributed by atoms with Crippen molar-refractivity contribution in [2.45, 2.75) is 96.3 Å². The van der Waals surface area contributed by atoms with Crippen molar-refractivity contribution in [3.63, 3.8) is 0 Å². The van der Waals surface area contributed by atoms with Gasteiger partial charge in [0.1, 0.15) is 0 Å². The average Bonchev–Trinajstić information content (AvgIpc) is 2.77. The van der Waals surface area contributed by atoms with Crippen LogP contribution in [0.5, 0.6) is 0 Å². The van der Waals surface area contributed by atoms with Crippen molar-refractivity contribution in [3.8, 4) is 0 Å². The number of piperidine rings is 1. The summed E-state index contributed by atoms with van der Waals surface area (Å²) in [6.07, 6.45) is 22.8. The van der Waals surface area contributed by atoms with E-state index in [0.29, 0.717) is 0 Å². The molecule has 166 valence electrons. The largest absolute Gasteiger partial charge is 0.303 e. The van der Waals surface area contributed by atoms with Crippen LogP contribution in [0.25, 0.3) is 10.9 Å². The van der Waals surface area contributed by atoms with Crippen LogP contribution in [-0.2, 0) is 6.42 Å². The number of aryl methyl sites for hydroxylation is 1. The highest BCUT2D eigenvalue weighted by Crippen LogP contribution is 2.22. The Hall–Kier alpha value is -1.12. The molecule has 0 amide bonds. The summed E-state index contributed by atoms with van der Waals surface area (Å²) >= 11 is 6.09. The fourth-order valence-electron chi connectivity index (χ4n) is 4.82. The summed E-state index contributed by atoms with van der Waals surface area (Å²) in [6.45, 7) is 4.06. The molecule has 3 rings (SSSR count). The Bertz CT molecular complexity index is 724. The third-order valence-electron chi connectivity index (χ3n) is 6.66. The van der Waals surface area contributed by atoms with Crippen molar-refractivity contribution in [1.82, 2.24) is 9.88 Å². The van der Waals surface area contributed by atoms with Gasteiger partial charge in [0, 0.05) is 16.6 Å². The van der Waals surface area contributed by atoms with E-state index in [1.54, 1.807) is 0 Å². The van der Waals surface area contributed by atoms with Crippen LogP contribution in [0.15, 0.2) is 30.5 Å². The molecule has 0 aliphatic carbocycles. The molecule has 1 saturated heterocycles. The molecule has 3 heteroatoms. The Morgan fingerprint density at radius 1 is 0.733 bits per heavy atom. The zero-order chi connectivity index (χ0) is 20.9. The van der Waals surface area contributed by atoms with Gasteiger partial charge >= 0.3 is 0 Å². The first-order chi connectivity index (χ1) is 14.8. The summed E-state index contributed by atoms with van der Waals surface area (Å²) in [7, 11) is 0. The second-order valence-corrected chi connectivity index (χ2v) is 9.61. The molecular weight excluding hydrogens is 388 g/mol. The van der Waals surface area contributed by atoms with Crippen LogP contribution >= 0.6 is 11.6 Å². The van der Waals surface area contributed by atoms with E-state index < -0.39 is 0 Å². The van der Waals surface area contributed by atoms with Gasteiger partial charge in [0.2, 0.25) is 0 Å². The van der Waals surface area contributed by atoms with Crippen molar-refractivity contribution in [2.75, 3.05) is 19.6 Å². The SMILES string of the molecule is Clc1ccc2c(CCCCCCCCCCCCCN3CCCCC3)ccnc2c1. The average molecular weight is 429 g/mol. The highest BCUT2D eigenvalue weighted by Gasteiger charge is 2.08. The normalized spacial score (nSPS) is 15.1. The summed E-state index contributed by atoms with van der Waals surface area (Å²) in [5.74, 6) is 0. The Labute approximate surface area is 189 Å². The van der Waals surface area contributed by atoms with Gasteiger partial charge in [-0.05, 0) is 75.5 Å². The Kier molecular flexibility index (Phi) is 11.0. The minimum Gasteiger partial charge on any atom is -0.303 e. The lowest BCUT2D eigenvalue weighted by molar-refractivity contribution is 0.224. The number of unbranched alkanes of at least 4 members (excludes halogenated alkanes) is 10. The zero-order valence-corrected chi connectivity index (χ0v) is 19.6. The van der Waals surface area contributed by atoms with Crippen LogP contribution in [0, 0.1) is 0 Å². The molecule has 2 heterocycles. The smallest absolute Gasteiger partial charge is 0.0719 e. The minimum atomic E-state index is 0.768. The van der Waals surface area contributed by atoms with Crippen molar-refractivity contribution < 1.29 is 0 Å². The van der Waals surface area contributed by atoms with Gasteiger partial charge in [-0.15, -0.1) is 0 Å². The fraction of sp³-hybridized carbons (Fsp3) is 0.667. The van der Waals surface area contributed by atoms with Gasteiger partial charge in [0.15, 0.2) is 0 Å². The van der Waals surface area contributed by atoms with Crippen LogP contribution in [0.1, 0.15) is 95.5 Å². The maximum absolute atomic E-state index is 6.09. The number of fused-ring (bicyclic) bond motifs is 1. The number of aromatic nitrogens is 1. The van der Waals surface area contributed by atoms with E-state index >= 15 is 0 Å². The summed E-state index contributed by atoms with van der Waals surface area (Å²) in [6, 6.07) is 8.23. The third-order valence-corrected chi connectivity index (χ3v) is 6.90. The van der Waals surface area contributed by atoms with E-state index in [0.717, 1.165) is 17.0 Å². The van der Waals surface area contributed by atoms with E-state index in [2.05, 4.69) is 22.0 Å². The number of nitrogens with zero attached hydrogens (tertiary/aromatic N) is 2. The molecule has 1 aliphatic heterocycles. The lowest BCUT2D eigenvalue weighted by Gasteiger charge is -2.26. The van der Waals surface area contributed by atoms with Gasteiger partial charge in [0.05, 0.1) is 5.52 Å². The monoisotopic (exact) mass is 428 g/mol. The first-order valence-corrected chi connectivity index (χ1v) is 13.0. The van der Waals surface area contributed by atoms with E-state index in [-0.39, 0.29) is 0 Å². The summed E-state index contributed by atoms with van der Waals surface area (Å²) in [5, 5.41) is 2.03. The number of hydrogen-bond donors (Lipinski definition) is 0. The molecular formula is C27H41ClN2. The number of halogens is 1. The Morgan fingerprint density at radius 2 is 1.37 bits per heavy atom. The fourth-order valence-corrected chi connectivity index (χ4v) is 4.99. The predicted octanol–water partition coefficient (Wildman–Crippen LogP) is 8.21. The van der Waals surface area contributed by atoms with Crippen molar-refractivity contribution in [2.24, 2.45) is 0 Å². The van der Waals surface area contributed by atoms with Crippen molar-refractivity contribution >= 4 is 22.5 Å². The van der Waals surface area contributed by atoms with E-state index in [1.165, 1.54) is 120 Å². The number of pyridine rings is 1. The summed E-state index contributed by atoms with van der Waals surface area (Å²) < 4.78 is 0. The van der Waals surface area contributed by atoms with E-state index in [9.17, 15) is 0 Å². The quantitative estimate of drug-likeness (QED) is 0.282. The van der Waals surface area contributed by atoms with E-state index in [1.807, 2.05) is 18.3 Å². The first-order valence-electron chi connectivity index (χ1n) is 12.6. The lowest BCUT2D eigenvalue weighted by atomic mass is 10.0. The van der Waals surface area contributed by atoms with Gasteiger partial charge in [0.25, 0.3) is 0 Å². The molecule has 0 bridgehead atoms. The molecule has 1 aromatic heterocycles. The Morgan fingerprint density at radius 3 is 2.07 bits per heavy atom. The molecule has 0 unspecified atom stereocenters. The second kappa shape index (κ2) is 14.0. The van der Waals surface area contributed by atoms with Crippen molar-refractivity contribution in [3.05, 3.63) is 41.0 Å². The van der Waals surface area contributed by atoms with Crippen LogP contribution in [0.2, 0.25) is 5.02 Å². The molecule has 1 aromatic carbocycles. The molecule has 0 radical (unpaired) electrons. The molecule has 0 N–H and O–H groups in total.